The van der Waals surface area contributed by atoms with Gasteiger partial charge >= 0.3 is 0 Å². The third-order valence-corrected chi connectivity index (χ3v) is 5.42. The van der Waals surface area contributed by atoms with Crippen LogP contribution in [0.25, 0.3) is 0 Å². The highest BCUT2D eigenvalue weighted by Crippen LogP contribution is 2.52. The van der Waals surface area contributed by atoms with E-state index in [1.807, 2.05) is 6.07 Å². The van der Waals surface area contributed by atoms with Gasteiger partial charge in [0.1, 0.15) is 19.0 Å². The van der Waals surface area contributed by atoms with Crippen LogP contribution in [0.15, 0.2) is 40.1 Å². The first kappa shape index (κ1) is 15.5. The molecule has 0 bridgehead atoms. The summed E-state index contributed by atoms with van der Waals surface area (Å²) in [6.45, 7) is 4.43. The second-order valence-electron chi connectivity index (χ2n) is 5.90. The lowest BCUT2D eigenvalue weighted by molar-refractivity contribution is 0.171. The van der Waals surface area contributed by atoms with E-state index in [4.69, 9.17) is 14.2 Å². The molecular formula is C19H21NO3S. The Morgan fingerprint density at radius 3 is 2.54 bits per heavy atom. The Balaban J connectivity index is 1.80. The van der Waals surface area contributed by atoms with Gasteiger partial charge in [0.05, 0.1) is 18.5 Å². The first-order chi connectivity index (χ1) is 11.8. The summed E-state index contributed by atoms with van der Waals surface area (Å²) in [4.78, 5) is 4.81. The molecule has 2 heterocycles. The lowest BCUT2D eigenvalue weighted by atomic mass is 10.1. The number of rotatable bonds is 4. The Kier molecular flexibility index (Phi) is 4.19. The highest BCUT2D eigenvalue weighted by molar-refractivity contribution is 7.99. The molecule has 2 aliphatic rings. The Bertz CT molecular complexity index is 763. The molecule has 2 aromatic rings. The quantitative estimate of drug-likeness (QED) is 0.790. The highest BCUT2D eigenvalue weighted by atomic mass is 32.2. The Labute approximate surface area is 146 Å². The van der Waals surface area contributed by atoms with Gasteiger partial charge in [-0.05, 0) is 24.6 Å². The molecule has 0 aromatic heterocycles. The van der Waals surface area contributed by atoms with E-state index in [0.717, 1.165) is 36.6 Å². The number of ether oxygens (including phenoxy) is 3. The summed E-state index contributed by atoms with van der Waals surface area (Å²) in [5.74, 6) is 2.58. The summed E-state index contributed by atoms with van der Waals surface area (Å²) in [7, 11) is 1.71. The van der Waals surface area contributed by atoms with E-state index in [0.29, 0.717) is 13.2 Å². The van der Waals surface area contributed by atoms with Crippen LogP contribution < -0.4 is 19.1 Å². The van der Waals surface area contributed by atoms with Crippen LogP contribution in [0.1, 0.15) is 19.8 Å². The number of fused-ring (bicyclic) bond motifs is 3. The fourth-order valence-corrected chi connectivity index (χ4v) is 4.22. The minimum absolute atomic E-state index is 0.612. The van der Waals surface area contributed by atoms with E-state index >= 15 is 0 Å². The molecule has 4 nitrogen and oxygen atoms in total. The normalized spacial score (nSPS) is 14.8. The van der Waals surface area contributed by atoms with E-state index < -0.39 is 0 Å². The summed E-state index contributed by atoms with van der Waals surface area (Å²) in [5, 5.41) is 0. The van der Waals surface area contributed by atoms with Crippen molar-refractivity contribution in [3.8, 4) is 17.2 Å². The van der Waals surface area contributed by atoms with Gasteiger partial charge in [0.25, 0.3) is 0 Å². The zero-order chi connectivity index (χ0) is 16.5. The van der Waals surface area contributed by atoms with Crippen molar-refractivity contribution in [1.29, 1.82) is 0 Å². The van der Waals surface area contributed by atoms with Crippen molar-refractivity contribution < 1.29 is 14.2 Å². The van der Waals surface area contributed by atoms with Gasteiger partial charge in [-0.2, -0.15) is 0 Å². The predicted octanol–water partition coefficient (Wildman–Crippen LogP) is 4.87. The molecule has 0 fully saturated rings. The van der Waals surface area contributed by atoms with Gasteiger partial charge in [-0.3, -0.25) is 0 Å². The molecule has 0 saturated heterocycles. The van der Waals surface area contributed by atoms with Crippen molar-refractivity contribution >= 4 is 23.1 Å². The topological polar surface area (TPSA) is 30.9 Å². The van der Waals surface area contributed by atoms with Gasteiger partial charge in [-0.15, -0.1) is 0 Å². The molecule has 2 aliphatic heterocycles. The molecule has 0 amide bonds. The SMILES string of the molecule is CCCCN1c2ccc(OC)cc2Sc2cc3c(cc21)OCCO3. The van der Waals surface area contributed by atoms with Gasteiger partial charge in [0.2, 0.25) is 0 Å². The Morgan fingerprint density at radius 1 is 1.04 bits per heavy atom. The van der Waals surface area contributed by atoms with Crippen molar-refractivity contribution in [1.82, 2.24) is 0 Å². The average molecular weight is 343 g/mol. The molecule has 4 rings (SSSR count). The number of anilines is 2. The number of methoxy groups -OCH3 is 1. The van der Waals surface area contributed by atoms with Crippen molar-refractivity contribution in [2.24, 2.45) is 0 Å². The smallest absolute Gasteiger partial charge is 0.163 e. The molecule has 24 heavy (non-hydrogen) atoms. The minimum atomic E-state index is 0.612. The third-order valence-electron chi connectivity index (χ3n) is 4.33. The van der Waals surface area contributed by atoms with Crippen molar-refractivity contribution in [2.45, 2.75) is 29.6 Å². The van der Waals surface area contributed by atoms with E-state index in [9.17, 15) is 0 Å². The lowest BCUT2D eigenvalue weighted by Gasteiger charge is -2.34. The molecule has 0 unspecified atom stereocenters. The summed E-state index contributed by atoms with van der Waals surface area (Å²) in [5.41, 5.74) is 2.44. The van der Waals surface area contributed by atoms with Gasteiger partial charge in [0, 0.05) is 28.5 Å². The average Bonchev–Trinajstić information content (AvgIpc) is 2.63. The molecule has 0 saturated carbocycles. The van der Waals surface area contributed by atoms with Crippen molar-refractivity contribution in [3.05, 3.63) is 30.3 Å². The van der Waals surface area contributed by atoms with Crippen LogP contribution in [0.5, 0.6) is 17.2 Å². The maximum absolute atomic E-state index is 5.79. The molecule has 0 N–H and O–H groups in total. The first-order valence-electron chi connectivity index (χ1n) is 8.37. The molecule has 0 spiro atoms. The van der Waals surface area contributed by atoms with E-state index in [1.165, 1.54) is 21.2 Å². The number of hydrogen-bond donors (Lipinski definition) is 0. The van der Waals surface area contributed by atoms with Crippen LogP contribution in [-0.4, -0.2) is 26.9 Å². The summed E-state index contributed by atoms with van der Waals surface area (Å²) < 4.78 is 16.9. The fourth-order valence-electron chi connectivity index (χ4n) is 3.08. The van der Waals surface area contributed by atoms with Crippen LogP contribution >= 0.6 is 11.8 Å². The first-order valence-corrected chi connectivity index (χ1v) is 9.19. The number of benzene rings is 2. The summed E-state index contributed by atoms with van der Waals surface area (Å²) in [6.07, 6.45) is 2.30. The summed E-state index contributed by atoms with van der Waals surface area (Å²) in [6, 6.07) is 10.5. The molecule has 0 aliphatic carbocycles. The van der Waals surface area contributed by atoms with Crippen LogP contribution in [0.2, 0.25) is 0 Å². The molecule has 5 heteroatoms. The Hall–Kier alpha value is -2.01. The zero-order valence-corrected chi connectivity index (χ0v) is 14.8. The molecular weight excluding hydrogens is 322 g/mol. The maximum Gasteiger partial charge on any atom is 0.163 e. The van der Waals surface area contributed by atoms with Gasteiger partial charge in [0.15, 0.2) is 11.5 Å². The van der Waals surface area contributed by atoms with E-state index in [2.05, 4.69) is 36.1 Å². The molecule has 0 radical (unpaired) electrons. The molecule has 0 atom stereocenters. The monoisotopic (exact) mass is 343 g/mol. The lowest BCUT2D eigenvalue weighted by Crippen LogP contribution is -2.23. The van der Waals surface area contributed by atoms with E-state index in [1.54, 1.807) is 18.9 Å². The largest absolute Gasteiger partial charge is 0.497 e. The number of nitrogens with zero attached hydrogens (tertiary/aromatic N) is 1. The fraction of sp³-hybridized carbons (Fsp3) is 0.368. The van der Waals surface area contributed by atoms with Crippen molar-refractivity contribution in [3.63, 3.8) is 0 Å². The van der Waals surface area contributed by atoms with E-state index in [-0.39, 0.29) is 0 Å². The highest BCUT2D eigenvalue weighted by Gasteiger charge is 2.27. The van der Waals surface area contributed by atoms with Gasteiger partial charge in [-0.1, -0.05) is 25.1 Å². The molecule has 126 valence electrons. The maximum atomic E-state index is 5.79. The number of unbranched alkanes of at least 4 members (excludes halogenated alkanes) is 1. The summed E-state index contributed by atoms with van der Waals surface area (Å²) >= 11 is 1.76. The van der Waals surface area contributed by atoms with Crippen LogP contribution in [0.4, 0.5) is 11.4 Å². The predicted molar refractivity (Wildman–Crippen MR) is 96.5 cm³/mol. The van der Waals surface area contributed by atoms with Crippen LogP contribution in [0, 0.1) is 0 Å². The molecule has 2 aromatic carbocycles. The third kappa shape index (κ3) is 2.67. The van der Waals surface area contributed by atoms with Gasteiger partial charge in [-0.25, -0.2) is 0 Å². The van der Waals surface area contributed by atoms with Crippen LogP contribution in [0.3, 0.4) is 0 Å². The second-order valence-corrected chi connectivity index (χ2v) is 6.99. The van der Waals surface area contributed by atoms with Crippen LogP contribution in [-0.2, 0) is 0 Å². The second kappa shape index (κ2) is 6.48. The zero-order valence-electron chi connectivity index (χ0n) is 14.0. The number of hydrogen-bond acceptors (Lipinski definition) is 5. The Morgan fingerprint density at radius 2 is 1.79 bits per heavy atom. The standard InChI is InChI=1S/C19H21NO3S/c1-3-4-7-20-14-6-5-13(21-2)10-18(14)24-19-12-17-16(11-15(19)20)22-8-9-23-17/h5-6,10-12H,3-4,7-9H2,1-2H3. The van der Waals surface area contributed by atoms with Crippen molar-refractivity contribution in [2.75, 3.05) is 31.8 Å². The van der Waals surface area contributed by atoms with Gasteiger partial charge < -0.3 is 19.1 Å². The minimum Gasteiger partial charge on any atom is -0.497 e.